The molecule has 2 rings (SSSR count). The van der Waals surface area contributed by atoms with Crippen LogP contribution >= 0.6 is 23.2 Å². The Hall–Kier alpha value is -1.96. The molecule has 2 aromatic carbocycles. The highest BCUT2D eigenvalue weighted by atomic mass is 35.5. The fourth-order valence-electron chi connectivity index (χ4n) is 3.24. The van der Waals surface area contributed by atoms with Gasteiger partial charge >= 0.3 is 0 Å². The Morgan fingerprint density at radius 3 is 2.12 bits per heavy atom. The molecule has 0 bridgehead atoms. The van der Waals surface area contributed by atoms with E-state index in [9.17, 15) is 13.2 Å². The van der Waals surface area contributed by atoms with Gasteiger partial charge in [0.25, 0.3) is 0 Å². The first kappa shape index (κ1) is 26.3. The summed E-state index contributed by atoms with van der Waals surface area (Å²) in [7, 11) is -3.77. The zero-order valence-corrected chi connectivity index (χ0v) is 21.3. The number of hydrogen-bond acceptors (Lipinski definition) is 4. The molecule has 1 atom stereocenters. The van der Waals surface area contributed by atoms with Crippen molar-refractivity contribution >= 4 is 44.8 Å². The SMILES string of the molecule is CC[C@@H](C(=O)NCCOc1ccc(C(C)(C)C)cc1)N(c1cc(Cl)cc(Cl)c1)S(C)(=O)=O. The first-order valence-electron chi connectivity index (χ1n) is 10.3. The minimum absolute atomic E-state index is 0.0559. The predicted molar refractivity (Wildman–Crippen MR) is 132 cm³/mol. The molecule has 2 aromatic rings. The van der Waals surface area contributed by atoms with Crippen molar-refractivity contribution in [3.63, 3.8) is 0 Å². The summed E-state index contributed by atoms with van der Waals surface area (Å²) >= 11 is 12.1. The van der Waals surface area contributed by atoms with Crippen molar-refractivity contribution < 1.29 is 17.9 Å². The third kappa shape index (κ3) is 7.29. The standard InChI is InChI=1S/C23H30Cl2N2O4S/c1-6-21(27(32(5,29)30)19-14-17(24)13-18(25)15-19)22(28)26-11-12-31-20-9-7-16(8-10-20)23(2,3)4/h7-10,13-15,21H,6,11-12H2,1-5H3,(H,26,28)/t21-/m0/s1. The number of nitrogens with one attached hydrogen (secondary N) is 1. The second kappa shape index (κ2) is 10.8. The molecular weight excluding hydrogens is 471 g/mol. The smallest absolute Gasteiger partial charge is 0.244 e. The Bertz CT molecular complexity index is 1010. The van der Waals surface area contributed by atoms with Crippen molar-refractivity contribution in [1.29, 1.82) is 0 Å². The van der Waals surface area contributed by atoms with Crippen LogP contribution in [0.4, 0.5) is 5.69 Å². The van der Waals surface area contributed by atoms with Crippen LogP contribution in [0, 0.1) is 0 Å². The lowest BCUT2D eigenvalue weighted by Crippen LogP contribution is -2.50. The quantitative estimate of drug-likeness (QED) is 0.489. The van der Waals surface area contributed by atoms with Crippen LogP contribution in [0.15, 0.2) is 42.5 Å². The van der Waals surface area contributed by atoms with E-state index in [2.05, 4.69) is 26.1 Å². The number of hydrogen-bond donors (Lipinski definition) is 1. The van der Waals surface area contributed by atoms with E-state index in [0.717, 1.165) is 10.6 Å². The predicted octanol–water partition coefficient (Wildman–Crippen LogP) is 5.03. The van der Waals surface area contributed by atoms with Crippen LogP contribution in [-0.4, -0.2) is 39.8 Å². The summed E-state index contributed by atoms with van der Waals surface area (Å²) in [5.41, 5.74) is 1.49. The molecule has 0 saturated heterocycles. The van der Waals surface area contributed by atoms with Gasteiger partial charge in [-0.15, -0.1) is 0 Å². The van der Waals surface area contributed by atoms with Gasteiger partial charge in [-0.1, -0.05) is 63.0 Å². The van der Waals surface area contributed by atoms with Crippen LogP contribution in [0.2, 0.25) is 10.0 Å². The van der Waals surface area contributed by atoms with Gasteiger partial charge in [0.15, 0.2) is 0 Å². The molecule has 1 amide bonds. The molecule has 0 aliphatic rings. The first-order valence-corrected chi connectivity index (χ1v) is 12.9. The third-order valence-corrected chi connectivity index (χ3v) is 6.44. The summed E-state index contributed by atoms with van der Waals surface area (Å²) in [6, 6.07) is 11.3. The number of nitrogens with zero attached hydrogens (tertiary/aromatic N) is 1. The molecule has 0 saturated carbocycles. The van der Waals surface area contributed by atoms with E-state index in [1.165, 1.54) is 23.8 Å². The average molecular weight is 501 g/mol. The lowest BCUT2D eigenvalue weighted by atomic mass is 9.87. The summed E-state index contributed by atoms with van der Waals surface area (Å²) in [5, 5.41) is 3.31. The summed E-state index contributed by atoms with van der Waals surface area (Å²) in [5.74, 6) is 0.270. The Kier molecular flexibility index (Phi) is 8.85. The van der Waals surface area contributed by atoms with Crippen molar-refractivity contribution in [3.05, 3.63) is 58.1 Å². The van der Waals surface area contributed by atoms with E-state index < -0.39 is 22.0 Å². The second-order valence-electron chi connectivity index (χ2n) is 8.52. The van der Waals surface area contributed by atoms with E-state index in [0.29, 0.717) is 5.75 Å². The number of carbonyl (C=O) groups is 1. The average Bonchev–Trinajstić information content (AvgIpc) is 2.67. The maximum atomic E-state index is 12.8. The van der Waals surface area contributed by atoms with E-state index in [4.69, 9.17) is 27.9 Å². The molecular formula is C23H30Cl2N2O4S. The lowest BCUT2D eigenvalue weighted by molar-refractivity contribution is -0.122. The van der Waals surface area contributed by atoms with E-state index in [1.807, 2.05) is 24.3 Å². The largest absolute Gasteiger partial charge is 0.492 e. The van der Waals surface area contributed by atoms with Gasteiger partial charge < -0.3 is 10.1 Å². The van der Waals surface area contributed by atoms with Crippen LogP contribution in [0.25, 0.3) is 0 Å². The van der Waals surface area contributed by atoms with Crippen LogP contribution in [0.3, 0.4) is 0 Å². The van der Waals surface area contributed by atoms with Gasteiger partial charge in [0.2, 0.25) is 15.9 Å². The highest BCUT2D eigenvalue weighted by Gasteiger charge is 2.31. The highest BCUT2D eigenvalue weighted by molar-refractivity contribution is 7.92. The van der Waals surface area contributed by atoms with Gasteiger partial charge in [0.1, 0.15) is 18.4 Å². The molecule has 0 heterocycles. The number of halogens is 2. The van der Waals surface area contributed by atoms with Crippen LogP contribution in [0.1, 0.15) is 39.7 Å². The summed E-state index contributed by atoms with van der Waals surface area (Å²) in [4.78, 5) is 12.8. The Morgan fingerprint density at radius 1 is 1.09 bits per heavy atom. The number of anilines is 1. The molecule has 6 nitrogen and oxygen atoms in total. The van der Waals surface area contributed by atoms with Crippen molar-refractivity contribution in [3.8, 4) is 5.75 Å². The summed E-state index contributed by atoms with van der Waals surface area (Å²) in [6.45, 7) is 8.63. The van der Waals surface area contributed by atoms with Gasteiger partial charge in [0, 0.05) is 10.0 Å². The Morgan fingerprint density at radius 2 is 1.66 bits per heavy atom. The van der Waals surface area contributed by atoms with Gasteiger partial charge in [-0.05, 0) is 47.7 Å². The lowest BCUT2D eigenvalue weighted by Gasteiger charge is -2.30. The number of benzene rings is 2. The third-order valence-electron chi connectivity index (χ3n) is 4.82. The molecule has 0 aromatic heterocycles. The van der Waals surface area contributed by atoms with Gasteiger partial charge in [0.05, 0.1) is 18.5 Å². The van der Waals surface area contributed by atoms with Crippen molar-refractivity contribution in [2.24, 2.45) is 0 Å². The van der Waals surface area contributed by atoms with Crippen molar-refractivity contribution in [2.45, 2.75) is 45.6 Å². The summed E-state index contributed by atoms with van der Waals surface area (Å²) in [6.07, 6.45) is 1.31. The van der Waals surface area contributed by atoms with Gasteiger partial charge in [-0.25, -0.2) is 8.42 Å². The van der Waals surface area contributed by atoms with E-state index in [-0.39, 0.29) is 40.7 Å². The zero-order chi connectivity index (χ0) is 24.1. The highest BCUT2D eigenvalue weighted by Crippen LogP contribution is 2.29. The number of ether oxygens (including phenoxy) is 1. The maximum absolute atomic E-state index is 12.8. The molecule has 176 valence electrons. The molecule has 1 N–H and O–H groups in total. The van der Waals surface area contributed by atoms with E-state index in [1.54, 1.807) is 6.92 Å². The molecule has 0 radical (unpaired) electrons. The number of sulfonamides is 1. The van der Waals surface area contributed by atoms with Crippen molar-refractivity contribution in [2.75, 3.05) is 23.7 Å². The minimum atomic E-state index is -3.77. The molecule has 9 heteroatoms. The molecule has 0 aliphatic heterocycles. The summed E-state index contributed by atoms with van der Waals surface area (Å²) < 4.78 is 31.8. The van der Waals surface area contributed by atoms with Crippen LogP contribution in [-0.2, 0) is 20.2 Å². The van der Waals surface area contributed by atoms with Gasteiger partial charge in [-0.3, -0.25) is 9.10 Å². The van der Waals surface area contributed by atoms with Crippen LogP contribution in [0.5, 0.6) is 5.75 Å². The Labute approximate surface area is 200 Å². The normalized spacial score (nSPS) is 12.8. The molecule has 0 unspecified atom stereocenters. The number of amides is 1. The molecule has 0 aliphatic carbocycles. The molecule has 32 heavy (non-hydrogen) atoms. The number of carbonyl (C=O) groups excluding carboxylic acids is 1. The maximum Gasteiger partial charge on any atom is 0.244 e. The zero-order valence-electron chi connectivity index (χ0n) is 19.0. The fraction of sp³-hybridized carbons (Fsp3) is 0.435. The van der Waals surface area contributed by atoms with E-state index >= 15 is 0 Å². The second-order valence-corrected chi connectivity index (χ2v) is 11.3. The minimum Gasteiger partial charge on any atom is -0.492 e. The first-order chi connectivity index (χ1) is 14.8. The Balaban J connectivity index is 2.04. The van der Waals surface area contributed by atoms with Crippen LogP contribution < -0.4 is 14.4 Å². The van der Waals surface area contributed by atoms with Crippen molar-refractivity contribution in [1.82, 2.24) is 5.32 Å². The monoisotopic (exact) mass is 500 g/mol. The topological polar surface area (TPSA) is 75.7 Å². The number of rotatable bonds is 9. The molecule has 0 spiro atoms. The van der Waals surface area contributed by atoms with Gasteiger partial charge in [-0.2, -0.15) is 0 Å². The molecule has 0 fully saturated rings. The fourth-order valence-corrected chi connectivity index (χ4v) is 4.95.